The standard InChI is InChI=1S/C17H22F3NO3/c1-16(11-22)10-2-3-14(16)21-15(23)9-6-12-4-7-13(8-5-12)24-17(18,19)20/h4-5,7-8,14,22H,2-3,6,9-11H2,1H3,(H,21,23). The smallest absolute Gasteiger partial charge is 0.406 e. The van der Waals surface area contributed by atoms with Gasteiger partial charge in [-0.2, -0.15) is 0 Å². The molecule has 1 aromatic carbocycles. The molecule has 4 nitrogen and oxygen atoms in total. The average Bonchev–Trinajstić information content (AvgIpc) is 2.87. The highest BCUT2D eigenvalue weighted by Crippen LogP contribution is 2.37. The molecule has 134 valence electrons. The van der Waals surface area contributed by atoms with Crippen LogP contribution in [0.4, 0.5) is 13.2 Å². The Kier molecular flexibility index (Phi) is 5.74. The maximum absolute atomic E-state index is 12.1. The summed E-state index contributed by atoms with van der Waals surface area (Å²) in [6, 6.07) is 5.47. The summed E-state index contributed by atoms with van der Waals surface area (Å²) < 4.78 is 40.1. The van der Waals surface area contributed by atoms with Crippen molar-refractivity contribution in [3.63, 3.8) is 0 Å². The summed E-state index contributed by atoms with van der Waals surface area (Å²) in [4.78, 5) is 12.1. The molecule has 1 aromatic rings. The number of nitrogens with one attached hydrogen (secondary N) is 1. The predicted octanol–water partition coefficient (Wildman–Crippen LogP) is 3.19. The Bertz CT molecular complexity index is 559. The zero-order valence-corrected chi connectivity index (χ0v) is 13.5. The van der Waals surface area contributed by atoms with Crippen molar-refractivity contribution in [2.45, 2.75) is 51.4 Å². The van der Waals surface area contributed by atoms with Crippen molar-refractivity contribution in [2.75, 3.05) is 6.61 Å². The number of alkyl halides is 3. The number of halogens is 3. The molecule has 2 N–H and O–H groups in total. The van der Waals surface area contributed by atoms with Gasteiger partial charge in [0.15, 0.2) is 0 Å². The second-order valence-corrected chi connectivity index (χ2v) is 6.52. The summed E-state index contributed by atoms with van der Waals surface area (Å²) in [5.41, 5.74) is 0.489. The zero-order valence-electron chi connectivity index (χ0n) is 13.5. The van der Waals surface area contributed by atoms with Gasteiger partial charge in [-0.15, -0.1) is 13.2 Å². The fourth-order valence-electron chi connectivity index (χ4n) is 3.05. The highest BCUT2D eigenvalue weighted by molar-refractivity contribution is 5.76. The SMILES string of the molecule is CC1(CO)CCCC1NC(=O)CCc1ccc(OC(F)(F)F)cc1. The Hall–Kier alpha value is -1.76. The van der Waals surface area contributed by atoms with Crippen molar-refractivity contribution >= 4 is 5.91 Å². The highest BCUT2D eigenvalue weighted by Gasteiger charge is 2.38. The molecule has 2 unspecified atom stereocenters. The van der Waals surface area contributed by atoms with Gasteiger partial charge in [-0.3, -0.25) is 4.79 Å². The van der Waals surface area contributed by atoms with Crippen LogP contribution < -0.4 is 10.1 Å². The van der Waals surface area contributed by atoms with Crippen molar-refractivity contribution in [2.24, 2.45) is 5.41 Å². The highest BCUT2D eigenvalue weighted by atomic mass is 19.4. The van der Waals surface area contributed by atoms with Gasteiger partial charge < -0.3 is 15.2 Å². The number of carbonyl (C=O) groups is 1. The van der Waals surface area contributed by atoms with Gasteiger partial charge in [0, 0.05) is 17.9 Å². The average molecular weight is 345 g/mol. The first kappa shape index (κ1) is 18.6. The van der Waals surface area contributed by atoms with Crippen LogP contribution in [0.25, 0.3) is 0 Å². The second kappa shape index (κ2) is 7.42. The molecule has 1 aliphatic carbocycles. The lowest BCUT2D eigenvalue weighted by Gasteiger charge is -2.30. The number of carbonyl (C=O) groups excluding carboxylic acids is 1. The fourth-order valence-corrected chi connectivity index (χ4v) is 3.05. The van der Waals surface area contributed by atoms with Crippen molar-refractivity contribution < 1.29 is 27.8 Å². The van der Waals surface area contributed by atoms with Gasteiger partial charge in [0.25, 0.3) is 0 Å². The van der Waals surface area contributed by atoms with Crippen molar-refractivity contribution in [1.82, 2.24) is 5.32 Å². The lowest BCUT2D eigenvalue weighted by molar-refractivity contribution is -0.274. The molecule has 2 atom stereocenters. The van der Waals surface area contributed by atoms with E-state index in [1.165, 1.54) is 24.3 Å². The van der Waals surface area contributed by atoms with E-state index >= 15 is 0 Å². The van der Waals surface area contributed by atoms with Crippen LogP contribution in [0, 0.1) is 5.41 Å². The maximum atomic E-state index is 12.1. The fraction of sp³-hybridized carbons (Fsp3) is 0.588. The van der Waals surface area contributed by atoms with Crippen LogP contribution in [-0.4, -0.2) is 30.0 Å². The second-order valence-electron chi connectivity index (χ2n) is 6.52. The molecular formula is C17H22F3NO3. The summed E-state index contributed by atoms with van der Waals surface area (Å²) >= 11 is 0. The first-order valence-corrected chi connectivity index (χ1v) is 7.97. The van der Waals surface area contributed by atoms with Crippen LogP contribution in [0.1, 0.15) is 38.2 Å². The van der Waals surface area contributed by atoms with E-state index in [-0.39, 0.29) is 36.1 Å². The number of benzene rings is 1. The van der Waals surface area contributed by atoms with E-state index in [2.05, 4.69) is 10.1 Å². The molecule has 1 saturated carbocycles. The van der Waals surface area contributed by atoms with Crippen LogP contribution in [0.15, 0.2) is 24.3 Å². The Morgan fingerprint density at radius 1 is 1.38 bits per heavy atom. The number of hydrogen-bond acceptors (Lipinski definition) is 3. The third-order valence-corrected chi connectivity index (χ3v) is 4.58. The number of aliphatic hydroxyl groups excluding tert-OH is 1. The molecule has 0 bridgehead atoms. The Balaban J connectivity index is 1.81. The third-order valence-electron chi connectivity index (χ3n) is 4.58. The van der Waals surface area contributed by atoms with Gasteiger partial charge >= 0.3 is 6.36 Å². The van der Waals surface area contributed by atoms with E-state index in [1.54, 1.807) is 0 Å². The lowest BCUT2D eigenvalue weighted by atomic mass is 9.85. The van der Waals surface area contributed by atoms with Crippen LogP contribution in [0.2, 0.25) is 0 Å². The van der Waals surface area contributed by atoms with E-state index in [0.717, 1.165) is 24.8 Å². The summed E-state index contributed by atoms with van der Waals surface area (Å²) in [5, 5.41) is 12.4. The quantitative estimate of drug-likeness (QED) is 0.832. The summed E-state index contributed by atoms with van der Waals surface area (Å²) in [5.74, 6) is -0.391. The summed E-state index contributed by atoms with van der Waals surface area (Å²) in [6.45, 7) is 2.00. The molecule has 24 heavy (non-hydrogen) atoms. The maximum Gasteiger partial charge on any atom is 0.573 e. The molecule has 0 aromatic heterocycles. The van der Waals surface area contributed by atoms with Crippen molar-refractivity contribution in [3.8, 4) is 5.75 Å². The molecule has 1 fully saturated rings. The van der Waals surface area contributed by atoms with Crippen molar-refractivity contribution in [3.05, 3.63) is 29.8 Å². The molecule has 1 aliphatic rings. The topological polar surface area (TPSA) is 58.6 Å². The number of aryl methyl sites for hydroxylation is 1. The van der Waals surface area contributed by atoms with E-state index in [4.69, 9.17) is 0 Å². The number of hydrogen-bond donors (Lipinski definition) is 2. The van der Waals surface area contributed by atoms with Gasteiger partial charge in [0.2, 0.25) is 5.91 Å². The monoisotopic (exact) mass is 345 g/mol. The zero-order chi connectivity index (χ0) is 17.8. The first-order chi connectivity index (χ1) is 11.2. The molecule has 2 rings (SSSR count). The minimum Gasteiger partial charge on any atom is -0.406 e. The number of amides is 1. The lowest BCUT2D eigenvalue weighted by Crippen LogP contribution is -2.44. The van der Waals surface area contributed by atoms with E-state index in [1.807, 2.05) is 6.92 Å². The molecule has 0 saturated heterocycles. The van der Waals surface area contributed by atoms with Gasteiger partial charge in [-0.25, -0.2) is 0 Å². The van der Waals surface area contributed by atoms with E-state index in [0.29, 0.717) is 6.42 Å². The number of rotatable bonds is 6. The molecule has 0 aliphatic heterocycles. The van der Waals surface area contributed by atoms with E-state index < -0.39 is 6.36 Å². The molecule has 1 amide bonds. The van der Waals surface area contributed by atoms with Crippen LogP contribution in [-0.2, 0) is 11.2 Å². The Morgan fingerprint density at radius 3 is 2.62 bits per heavy atom. The minimum absolute atomic E-state index is 0.0300. The summed E-state index contributed by atoms with van der Waals surface area (Å²) in [7, 11) is 0. The number of aliphatic hydroxyl groups is 1. The first-order valence-electron chi connectivity index (χ1n) is 7.97. The summed E-state index contributed by atoms with van der Waals surface area (Å²) in [6.07, 6.45) is -1.32. The third kappa shape index (κ3) is 5.12. The minimum atomic E-state index is -4.71. The molecule has 7 heteroatoms. The molecule has 0 spiro atoms. The van der Waals surface area contributed by atoms with Gasteiger partial charge in [-0.1, -0.05) is 25.5 Å². The molecular weight excluding hydrogens is 323 g/mol. The van der Waals surface area contributed by atoms with Crippen LogP contribution in [0.5, 0.6) is 5.75 Å². The van der Waals surface area contributed by atoms with Crippen molar-refractivity contribution in [1.29, 1.82) is 0 Å². The molecule has 0 radical (unpaired) electrons. The van der Waals surface area contributed by atoms with Crippen LogP contribution >= 0.6 is 0 Å². The Morgan fingerprint density at radius 2 is 2.04 bits per heavy atom. The predicted molar refractivity (Wildman–Crippen MR) is 82.4 cm³/mol. The van der Waals surface area contributed by atoms with Crippen LogP contribution in [0.3, 0.4) is 0 Å². The van der Waals surface area contributed by atoms with Gasteiger partial charge in [-0.05, 0) is 37.0 Å². The molecule has 0 heterocycles. The van der Waals surface area contributed by atoms with Gasteiger partial charge in [0.05, 0.1) is 6.61 Å². The number of ether oxygens (including phenoxy) is 1. The normalized spacial score (nSPS) is 24.0. The largest absolute Gasteiger partial charge is 0.573 e. The van der Waals surface area contributed by atoms with Gasteiger partial charge in [0.1, 0.15) is 5.75 Å². The van der Waals surface area contributed by atoms with E-state index in [9.17, 15) is 23.1 Å². The Labute approximate surface area is 139 Å².